The van der Waals surface area contributed by atoms with Gasteiger partial charge in [0.05, 0.1) is 5.52 Å². The maximum atomic E-state index is 11.7. The van der Waals surface area contributed by atoms with Gasteiger partial charge in [-0.15, -0.1) is 0 Å². The lowest BCUT2D eigenvalue weighted by atomic mass is 10.1. The molecule has 1 aliphatic rings. The Bertz CT molecular complexity index is 1340. The van der Waals surface area contributed by atoms with Gasteiger partial charge in [0.2, 0.25) is 5.91 Å². The van der Waals surface area contributed by atoms with Crippen LogP contribution < -0.4 is 10.2 Å². The highest BCUT2D eigenvalue weighted by Gasteiger charge is 2.19. The Morgan fingerprint density at radius 2 is 1.79 bits per heavy atom. The Morgan fingerprint density at radius 3 is 2.50 bits per heavy atom. The summed E-state index contributed by atoms with van der Waals surface area (Å²) < 4.78 is 0. The van der Waals surface area contributed by atoms with Gasteiger partial charge in [0.1, 0.15) is 5.82 Å². The van der Waals surface area contributed by atoms with Gasteiger partial charge < -0.3 is 15.1 Å². The van der Waals surface area contributed by atoms with Crippen molar-refractivity contribution in [2.45, 2.75) is 13.8 Å². The van der Waals surface area contributed by atoms with Gasteiger partial charge in [-0.05, 0) is 36.8 Å². The molecular weight excluding hydrogens is 426 g/mol. The summed E-state index contributed by atoms with van der Waals surface area (Å²) >= 11 is 0. The SMILES string of the molecule is CC(=O)N1CCN(c2ccc3c(Nc4cc(C)[nH]n4)nc(/C=C/c4ccccc4)nc3c2)CC1. The molecule has 1 amide bonds. The number of aromatic nitrogens is 4. The number of nitrogens with one attached hydrogen (secondary N) is 2. The highest BCUT2D eigenvalue weighted by molar-refractivity contribution is 5.93. The number of rotatable bonds is 5. The Kier molecular flexibility index (Phi) is 5.95. The number of nitrogens with zero attached hydrogens (tertiary/aromatic N) is 5. The first-order valence-corrected chi connectivity index (χ1v) is 11.4. The van der Waals surface area contributed by atoms with Gasteiger partial charge in [0, 0.05) is 55.9 Å². The molecule has 34 heavy (non-hydrogen) atoms. The van der Waals surface area contributed by atoms with Crippen molar-refractivity contribution in [3.8, 4) is 0 Å². The topological polar surface area (TPSA) is 90.0 Å². The lowest BCUT2D eigenvalue weighted by Crippen LogP contribution is -2.48. The molecule has 3 heterocycles. The summed E-state index contributed by atoms with van der Waals surface area (Å²) in [4.78, 5) is 25.5. The quantitative estimate of drug-likeness (QED) is 0.470. The van der Waals surface area contributed by atoms with E-state index in [1.807, 2.05) is 60.4 Å². The Balaban J connectivity index is 1.50. The van der Waals surface area contributed by atoms with Gasteiger partial charge in [0.15, 0.2) is 11.6 Å². The summed E-state index contributed by atoms with van der Waals surface area (Å²) in [6.45, 7) is 6.65. The molecule has 2 aromatic carbocycles. The molecule has 0 unspecified atom stereocenters. The number of fused-ring (bicyclic) bond motifs is 1. The van der Waals surface area contributed by atoms with Gasteiger partial charge >= 0.3 is 0 Å². The molecule has 2 aromatic heterocycles. The number of carbonyl (C=O) groups excluding carboxylic acids is 1. The van der Waals surface area contributed by atoms with E-state index in [0.717, 1.165) is 54.0 Å². The first-order valence-electron chi connectivity index (χ1n) is 11.4. The minimum Gasteiger partial charge on any atom is -0.368 e. The maximum absolute atomic E-state index is 11.7. The van der Waals surface area contributed by atoms with Crippen LogP contribution in [-0.4, -0.2) is 57.2 Å². The fourth-order valence-corrected chi connectivity index (χ4v) is 4.12. The molecule has 1 saturated heterocycles. The van der Waals surface area contributed by atoms with Crippen molar-refractivity contribution < 1.29 is 4.79 Å². The van der Waals surface area contributed by atoms with E-state index in [2.05, 4.69) is 38.6 Å². The van der Waals surface area contributed by atoms with E-state index < -0.39 is 0 Å². The number of aryl methyl sites for hydroxylation is 1. The van der Waals surface area contributed by atoms with Crippen LogP contribution >= 0.6 is 0 Å². The van der Waals surface area contributed by atoms with E-state index >= 15 is 0 Å². The molecule has 2 N–H and O–H groups in total. The Labute approximate surface area is 198 Å². The van der Waals surface area contributed by atoms with Gasteiger partial charge in [0.25, 0.3) is 0 Å². The predicted molar refractivity (Wildman–Crippen MR) is 136 cm³/mol. The smallest absolute Gasteiger partial charge is 0.219 e. The van der Waals surface area contributed by atoms with Gasteiger partial charge in [-0.2, -0.15) is 5.10 Å². The molecule has 172 valence electrons. The third-order valence-electron chi connectivity index (χ3n) is 5.96. The number of benzene rings is 2. The number of amides is 1. The van der Waals surface area contributed by atoms with Crippen LogP contribution in [0.5, 0.6) is 0 Å². The van der Waals surface area contributed by atoms with E-state index in [1.54, 1.807) is 6.92 Å². The lowest BCUT2D eigenvalue weighted by molar-refractivity contribution is -0.129. The molecule has 1 aliphatic heterocycles. The first kappa shape index (κ1) is 21.6. The number of carbonyl (C=O) groups is 1. The van der Waals surface area contributed by atoms with Crippen molar-refractivity contribution >= 4 is 46.3 Å². The third kappa shape index (κ3) is 4.76. The lowest BCUT2D eigenvalue weighted by Gasteiger charge is -2.35. The Morgan fingerprint density at radius 1 is 1.00 bits per heavy atom. The van der Waals surface area contributed by atoms with Gasteiger partial charge in [-0.25, -0.2) is 9.97 Å². The van der Waals surface area contributed by atoms with Crippen LogP contribution in [0.4, 0.5) is 17.3 Å². The molecule has 0 bridgehead atoms. The normalized spacial score (nSPS) is 14.2. The van der Waals surface area contributed by atoms with Crippen LogP contribution in [0.2, 0.25) is 0 Å². The highest BCUT2D eigenvalue weighted by atomic mass is 16.2. The van der Waals surface area contributed by atoms with E-state index in [-0.39, 0.29) is 5.91 Å². The second-order valence-electron chi connectivity index (χ2n) is 8.43. The summed E-state index contributed by atoms with van der Waals surface area (Å²) in [7, 11) is 0. The van der Waals surface area contributed by atoms with Crippen LogP contribution in [-0.2, 0) is 4.79 Å². The number of piperazine rings is 1. The maximum Gasteiger partial charge on any atom is 0.219 e. The molecule has 0 aliphatic carbocycles. The first-order chi connectivity index (χ1) is 16.5. The predicted octanol–water partition coefficient (Wildman–Crippen LogP) is 4.24. The zero-order valence-electron chi connectivity index (χ0n) is 19.3. The van der Waals surface area contributed by atoms with Crippen LogP contribution in [0, 0.1) is 6.92 Å². The fraction of sp³-hybridized carbons (Fsp3) is 0.231. The van der Waals surface area contributed by atoms with Gasteiger partial charge in [-0.1, -0.05) is 36.4 Å². The number of H-pyrrole nitrogens is 1. The molecule has 0 radical (unpaired) electrons. The monoisotopic (exact) mass is 453 g/mol. The van der Waals surface area contributed by atoms with Crippen molar-refractivity contribution in [2.24, 2.45) is 0 Å². The highest BCUT2D eigenvalue weighted by Crippen LogP contribution is 2.28. The van der Waals surface area contributed by atoms with E-state index in [9.17, 15) is 4.79 Å². The van der Waals surface area contributed by atoms with E-state index in [4.69, 9.17) is 9.97 Å². The molecule has 0 atom stereocenters. The summed E-state index contributed by atoms with van der Waals surface area (Å²) in [5, 5.41) is 11.5. The van der Waals surface area contributed by atoms with Gasteiger partial charge in [-0.3, -0.25) is 9.89 Å². The molecule has 4 aromatic rings. The third-order valence-corrected chi connectivity index (χ3v) is 5.96. The number of hydrogen-bond acceptors (Lipinski definition) is 6. The average Bonchev–Trinajstić information content (AvgIpc) is 3.27. The average molecular weight is 454 g/mol. The molecule has 1 fully saturated rings. The van der Waals surface area contributed by atoms with E-state index in [0.29, 0.717) is 17.5 Å². The minimum atomic E-state index is 0.130. The number of anilines is 3. The number of aromatic amines is 1. The van der Waals surface area contributed by atoms with E-state index in [1.165, 1.54) is 0 Å². The number of hydrogen-bond donors (Lipinski definition) is 2. The standard InChI is InChI=1S/C26H27N7O/c1-18-16-25(31-30-18)29-26-22-10-9-21(33-14-12-32(13-15-33)19(2)34)17-23(22)27-24(28-26)11-8-20-6-4-3-5-7-20/h3-11,16-17H,12-15H2,1-2H3,(H2,27,28,29,30,31)/b11-8+. The minimum absolute atomic E-state index is 0.130. The zero-order chi connectivity index (χ0) is 23.5. The van der Waals surface area contributed by atoms with Crippen LogP contribution in [0.3, 0.4) is 0 Å². The largest absolute Gasteiger partial charge is 0.368 e. The Hall–Kier alpha value is -4.20. The molecule has 0 saturated carbocycles. The van der Waals surface area contributed by atoms with Crippen molar-refractivity contribution in [3.05, 3.63) is 71.7 Å². The van der Waals surface area contributed by atoms with Crippen molar-refractivity contribution in [1.82, 2.24) is 25.1 Å². The van der Waals surface area contributed by atoms with Crippen molar-refractivity contribution in [3.63, 3.8) is 0 Å². The van der Waals surface area contributed by atoms with Crippen LogP contribution in [0.15, 0.2) is 54.6 Å². The second kappa shape index (κ2) is 9.35. The summed E-state index contributed by atoms with van der Waals surface area (Å²) in [6, 6.07) is 18.3. The van der Waals surface area contributed by atoms with Crippen molar-refractivity contribution in [1.29, 1.82) is 0 Å². The molecule has 5 rings (SSSR count). The van der Waals surface area contributed by atoms with Crippen LogP contribution in [0.1, 0.15) is 24.0 Å². The van der Waals surface area contributed by atoms with Crippen molar-refractivity contribution in [2.75, 3.05) is 36.4 Å². The summed E-state index contributed by atoms with van der Waals surface area (Å²) in [5.41, 5.74) is 4.00. The fourth-order valence-electron chi connectivity index (χ4n) is 4.12. The summed E-state index contributed by atoms with van der Waals surface area (Å²) in [5.74, 6) is 2.16. The molecule has 8 heteroatoms. The zero-order valence-corrected chi connectivity index (χ0v) is 19.3. The second-order valence-corrected chi connectivity index (χ2v) is 8.43. The van der Waals surface area contributed by atoms with Crippen LogP contribution in [0.25, 0.3) is 23.1 Å². The molecule has 8 nitrogen and oxygen atoms in total. The molecular formula is C26H27N7O. The summed E-state index contributed by atoms with van der Waals surface area (Å²) in [6.07, 6.45) is 3.93. The molecule has 0 spiro atoms.